The van der Waals surface area contributed by atoms with E-state index in [2.05, 4.69) is 45.0 Å². The van der Waals surface area contributed by atoms with Gasteiger partial charge in [-0.3, -0.25) is 0 Å². The summed E-state index contributed by atoms with van der Waals surface area (Å²) in [6, 6.07) is 0.526. The average molecular weight is 269 g/mol. The second-order valence-corrected chi connectivity index (χ2v) is 6.09. The first kappa shape index (κ1) is 15.4. The van der Waals surface area contributed by atoms with E-state index in [0.29, 0.717) is 6.04 Å². The van der Waals surface area contributed by atoms with Gasteiger partial charge in [0.1, 0.15) is 0 Å². The summed E-state index contributed by atoms with van der Waals surface area (Å²) in [6.45, 7) is 10.8. The molecule has 0 aliphatic carbocycles. The summed E-state index contributed by atoms with van der Waals surface area (Å²) in [5, 5.41) is 4.65. The highest BCUT2D eigenvalue weighted by Gasteiger charge is 2.12. The topological polar surface area (TPSA) is 28.2 Å². The molecule has 0 radical (unpaired) electrons. The van der Waals surface area contributed by atoms with Crippen LogP contribution in [0.2, 0.25) is 0 Å². The van der Waals surface area contributed by atoms with Gasteiger partial charge in [0.25, 0.3) is 0 Å². The summed E-state index contributed by atoms with van der Waals surface area (Å²) < 4.78 is 0. The summed E-state index contributed by atoms with van der Waals surface area (Å²) in [6.07, 6.45) is 3.49. The number of nitrogens with zero attached hydrogens (tertiary/aromatic N) is 2. The summed E-state index contributed by atoms with van der Waals surface area (Å²) in [7, 11) is 2.15. The zero-order valence-corrected chi connectivity index (χ0v) is 13.2. The summed E-state index contributed by atoms with van der Waals surface area (Å²) in [5.41, 5.74) is 1.26. The fourth-order valence-electron chi connectivity index (χ4n) is 1.74. The highest BCUT2D eigenvalue weighted by Crippen LogP contribution is 2.26. The van der Waals surface area contributed by atoms with Gasteiger partial charge in [0.05, 0.1) is 5.69 Å². The fraction of sp³-hybridized carbons (Fsp3) is 0.786. The van der Waals surface area contributed by atoms with Crippen molar-refractivity contribution in [1.82, 2.24) is 10.3 Å². The molecule has 0 saturated carbocycles. The van der Waals surface area contributed by atoms with Crippen LogP contribution in [0.3, 0.4) is 0 Å². The molecule has 0 atom stereocenters. The Bertz CT molecular complexity index is 347. The lowest BCUT2D eigenvalue weighted by molar-refractivity contribution is 0.590. The van der Waals surface area contributed by atoms with Crippen molar-refractivity contribution in [1.29, 1.82) is 0 Å². The van der Waals surface area contributed by atoms with E-state index in [-0.39, 0.29) is 0 Å². The van der Waals surface area contributed by atoms with E-state index in [0.717, 1.165) is 19.5 Å². The number of aryl methyl sites for hydroxylation is 1. The third-order valence-corrected chi connectivity index (χ3v) is 4.16. The highest BCUT2D eigenvalue weighted by molar-refractivity contribution is 7.15. The third kappa shape index (κ3) is 4.58. The predicted molar refractivity (Wildman–Crippen MR) is 81.6 cm³/mol. The quantitative estimate of drug-likeness (QED) is 0.783. The number of hydrogen-bond acceptors (Lipinski definition) is 4. The van der Waals surface area contributed by atoms with Crippen LogP contribution in [-0.2, 0) is 13.0 Å². The van der Waals surface area contributed by atoms with Gasteiger partial charge in [0.2, 0.25) is 0 Å². The van der Waals surface area contributed by atoms with Crippen LogP contribution in [-0.4, -0.2) is 24.6 Å². The standard InChI is InChI=1S/C14H27N3S/c1-6-8-9-17(5)14-16-12(7-2)13(18-14)10-15-11(3)4/h11,15H,6-10H2,1-5H3. The van der Waals surface area contributed by atoms with E-state index in [1.807, 2.05) is 11.3 Å². The molecule has 1 heterocycles. The Morgan fingerprint density at radius 2 is 2.06 bits per heavy atom. The molecule has 0 spiro atoms. The molecule has 18 heavy (non-hydrogen) atoms. The van der Waals surface area contributed by atoms with Crippen LogP contribution in [0, 0.1) is 0 Å². The van der Waals surface area contributed by atoms with Crippen molar-refractivity contribution in [3.05, 3.63) is 10.6 Å². The number of unbranched alkanes of at least 4 members (excludes halogenated alkanes) is 1. The molecule has 1 aromatic rings. The van der Waals surface area contributed by atoms with E-state index in [4.69, 9.17) is 4.98 Å². The Morgan fingerprint density at radius 1 is 1.33 bits per heavy atom. The van der Waals surface area contributed by atoms with Crippen LogP contribution >= 0.6 is 11.3 Å². The molecule has 0 aliphatic rings. The van der Waals surface area contributed by atoms with Crippen molar-refractivity contribution in [2.24, 2.45) is 0 Å². The minimum Gasteiger partial charge on any atom is -0.351 e. The molecule has 0 amide bonds. The average Bonchev–Trinajstić information content (AvgIpc) is 2.76. The Labute approximate surface area is 116 Å². The van der Waals surface area contributed by atoms with Gasteiger partial charge >= 0.3 is 0 Å². The fourth-order valence-corrected chi connectivity index (χ4v) is 2.82. The predicted octanol–water partition coefficient (Wildman–Crippen LogP) is 3.44. The molecular weight excluding hydrogens is 242 g/mol. The number of hydrogen-bond donors (Lipinski definition) is 1. The Hall–Kier alpha value is -0.610. The molecule has 1 N–H and O–H groups in total. The zero-order chi connectivity index (χ0) is 13.5. The van der Waals surface area contributed by atoms with E-state index < -0.39 is 0 Å². The minimum atomic E-state index is 0.526. The van der Waals surface area contributed by atoms with Crippen LogP contribution in [0.4, 0.5) is 5.13 Å². The number of nitrogens with one attached hydrogen (secondary N) is 1. The Kier molecular flexibility index (Phi) is 6.65. The first-order valence-electron chi connectivity index (χ1n) is 7.01. The number of aromatic nitrogens is 1. The van der Waals surface area contributed by atoms with Crippen LogP contribution in [0.25, 0.3) is 0 Å². The first-order valence-corrected chi connectivity index (χ1v) is 7.83. The van der Waals surface area contributed by atoms with E-state index in [1.54, 1.807) is 0 Å². The second-order valence-electron chi connectivity index (χ2n) is 5.03. The number of rotatable bonds is 8. The highest BCUT2D eigenvalue weighted by atomic mass is 32.1. The van der Waals surface area contributed by atoms with Crippen molar-refractivity contribution in [2.45, 2.75) is 59.5 Å². The molecule has 104 valence electrons. The molecule has 1 rings (SSSR count). The van der Waals surface area contributed by atoms with E-state index in [1.165, 1.54) is 28.5 Å². The molecular formula is C14H27N3S. The van der Waals surface area contributed by atoms with Gasteiger partial charge < -0.3 is 10.2 Å². The molecule has 0 aliphatic heterocycles. The summed E-state index contributed by atoms with van der Waals surface area (Å²) >= 11 is 1.84. The van der Waals surface area contributed by atoms with Crippen LogP contribution in [0.1, 0.15) is 51.1 Å². The smallest absolute Gasteiger partial charge is 0.185 e. The summed E-state index contributed by atoms with van der Waals surface area (Å²) in [4.78, 5) is 8.44. The molecule has 3 nitrogen and oxygen atoms in total. The molecule has 0 fully saturated rings. The van der Waals surface area contributed by atoms with Crippen LogP contribution in [0.15, 0.2) is 0 Å². The third-order valence-electron chi connectivity index (χ3n) is 2.95. The van der Waals surface area contributed by atoms with Gasteiger partial charge in [-0.15, -0.1) is 11.3 Å². The number of thiazole rings is 1. The second kappa shape index (κ2) is 7.74. The van der Waals surface area contributed by atoms with Crippen molar-refractivity contribution in [2.75, 3.05) is 18.5 Å². The minimum absolute atomic E-state index is 0.526. The van der Waals surface area contributed by atoms with Crippen LogP contribution in [0.5, 0.6) is 0 Å². The van der Waals surface area contributed by atoms with Crippen molar-refractivity contribution in [3.8, 4) is 0 Å². The molecule has 1 aromatic heterocycles. The molecule has 0 bridgehead atoms. The SMILES string of the molecule is CCCCN(C)c1nc(CC)c(CNC(C)C)s1. The lowest BCUT2D eigenvalue weighted by atomic mass is 10.3. The van der Waals surface area contributed by atoms with Crippen molar-refractivity contribution in [3.63, 3.8) is 0 Å². The Morgan fingerprint density at radius 3 is 2.61 bits per heavy atom. The van der Waals surface area contributed by atoms with Gasteiger partial charge in [-0.05, 0) is 12.8 Å². The van der Waals surface area contributed by atoms with Gasteiger partial charge in [0, 0.05) is 31.1 Å². The Balaban J connectivity index is 2.70. The normalized spacial score (nSPS) is 11.2. The van der Waals surface area contributed by atoms with Crippen LogP contribution < -0.4 is 10.2 Å². The zero-order valence-electron chi connectivity index (χ0n) is 12.4. The van der Waals surface area contributed by atoms with Crippen molar-refractivity contribution < 1.29 is 0 Å². The molecule has 0 saturated heterocycles. The van der Waals surface area contributed by atoms with Gasteiger partial charge in [-0.2, -0.15) is 0 Å². The summed E-state index contributed by atoms with van der Waals surface area (Å²) in [5.74, 6) is 0. The van der Waals surface area contributed by atoms with Gasteiger partial charge in [-0.25, -0.2) is 4.98 Å². The molecule has 0 unspecified atom stereocenters. The maximum atomic E-state index is 4.76. The molecule has 4 heteroatoms. The lowest BCUT2D eigenvalue weighted by Gasteiger charge is -2.14. The number of anilines is 1. The maximum Gasteiger partial charge on any atom is 0.185 e. The monoisotopic (exact) mass is 269 g/mol. The van der Waals surface area contributed by atoms with E-state index in [9.17, 15) is 0 Å². The lowest BCUT2D eigenvalue weighted by Crippen LogP contribution is -2.21. The molecule has 0 aromatic carbocycles. The first-order chi connectivity index (χ1) is 8.58. The van der Waals surface area contributed by atoms with Gasteiger partial charge in [-0.1, -0.05) is 34.1 Å². The largest absolute Gasteiger partial charge is 0.351 e. The maximum absolute atomic E-state index is 4.76. The van der Waals surface area contributed by atoms with Crippen molar-refractivity contribution >= 4 is 16.5 Å². The van der Waals surface area contributed by atoms with Gasteiger partial charge in [0.15, 0.2) is 5.13 Å². The van der Waals surface area contributed by atoms with E-state index >= 15 is 0 Å².